The summed E-state index contributed by atoms with van der Waals surface area (Å²) in [7, 11) is 0. The summed E-state index contributed by atoms with van der Waals surface area (Å²) in [6.45, 7) is 6.68. The van der Waals surface area contributed by atoms with Crippen molar-refractivity contribution < 1.29 is 4.42 Å². The van der Waals surface area contributed by atoms with Gasteiger partial charge in [0.2, 0.25) is 0 Å². The summed E-state index contributed by atoms with van der Waals surface area (Å²) in [6.07, 6.45) is 3.36. The molecule has 0 aliphatic carbocycles. The van der Waals surface area contributed by atoms with Crippen molar-refractivity contribution in [3.8, 4) is 0 Å². The Labute approximate surface area is 115 Å². The van der Waals surface area contributed by atoms with Gasteiger partial charge >= 0.3 is 0 Å². The van der Waals surface area contributed by atoms with Gasteiger partial charge < -0.3 is 10.2 Å². The highest BCUT2D eigenvalue weighted by atomic mass is 16.3. The highest BCUT2D eigenvalue weighted by Crippen LogP contribution is 2.22. The molecule has 0 spiro atoms. The summed E-state index contributed by atoms with van der Waals surface area (Å²) in [5.41, 5.74) is 9.01. The molecule has 0 aliphatic rings. The van der Waals surface area contributed by atoms with Crippen molar-refractivity contribution in [3.05, 3.63) is 59.5 Å². The molecule has 0 fully saturated rings. The summed E-state index contributed by atoms with van der Waals surface area (Å²) < 4.78 is 5.33. The van der Waals surface area contributed by atoms with E-state index < -0.39 is 0 Å². The van der Waals surface area contributed by atoms with E-state index in [0.29, 0.717) is 0 Å². The highest BCUT2D eigenvalue weighted by molar-refractivity contribution is 5.28. The fourth-order valence-electron chi connectivity index (χ4n) is 2.20. The standard InChI is InChI=1S/C17H23NO/c1-17(2,3)14-8-6-13(7-9-14)11-15(18)12-16-5-4-10-19-16/h4-10,15H,11-12,18H2,1-3H3. The van der Waals surface area contributed by atoms with Gasteiger partial charge in [-0.2, -0.15) is 0 Å². The van der Waals surface area contributed by atoms with Gasteiger partial charge in [-0.05, 0) is 35.1 Å². The van der Waals surface area contributed by atoms with Gasteiger partial charge in [0.1, 0.15) is 5.76 Å². The van der Waals surface area contributed by atoms with Crippen LogP contribution in [0.2, 0.25) is 0 Å². The van der Waals surface area contributed by atoms with Crippen LogP contribution >= 0.6 is 0 Å². The Kier molecular flexibility index (Phi) is 4.11. The lowest BCUT2D eigenvalue weighted by Gasteiger charge is -2.19. The van der Waals surface area contributed by atoms with Crippen LogP contribution in [-0.4, -0.2) is 6.04 Å². The molecule has 0 radical (unpaired) electrons. The average molecular weight is 257 g/mol. The second-order valence-electron chi connectivity index (χ2n) is 6.19. The number of hydrogen-bond donors (Lipinski definition) is 1. The maximum Gasteiger partial charge on any atom is 0.105 e. The molecule has 0 aliphatic heterocycles. The van der Waals surface area contributed by atoms with Gasteiger partial charge in [-0.1, -0.05) is 45.0 Å². The van der Waals surface area contributed by atoms with Crippen molar-refractivity contribution in [2.45, 2.75) is 45.1 Å². The van der Waals surface area contributed by atoms with Crippen LogP contribution in [0.4, 0.5) is 0 Å². The quantitative estimate of drug-likeness (QED) is 0.907. The van der Waals surface area contributed by atoms with Crippen molar-refractivity contribution in [3.63, 3.8) is 0 Å². The molecule has 1 atom stereocenters. The van der Waals surface area contributed by atoms with Crippen LogP contribution in [0.25, 0.3) is 0 Å². The van der Waals surface area contributed by atoms with E-state index in [0.717, 1.165) is 18.6 Å². The normalized spacial score (nSPS) is 13.5. The first kappa shape index (κ1) is 13.9. The number of rotatable bonds is 4. The Balaban J connectivity index is 1.96. The van der Waals surface area contributed by atoms with Crippen LogP contribution < -0.4 is 5.73 Å². The lowest BCUT2D eigenvalue weighted by molar-refractivity contribution is 0.483. The van der Waals surface area contributed by atoms with E-state index in [4.69, 9.17) is 10.2 Å². The summed E-state index contributed by atoms with van der Waals surface area (Å²) >= 11 is 0. The lowest BCUT2D eigenvalue weighted by atomic mass is 9.86. The Morgan fingerprint density at radius 2 is 1.74 bits per heavy atom. The Bertz CT molecular complexity index is 491. The van der Waals surface area contributed by atoms with E-state index in [9.17, 15) is 0 Å². The molecule has 0 saturated heterocycles. The van der Waals surface area contributed by atoms with Crippen molar-refractivity contribution >= 4 is 0 Å². The molecule has 2 aromatic rings. The van der Waals surface area contributed by atoms with E-state index in [2.05, 4.69) is 45.0 Å². The molecule has 0 amide bonds. The van der Waals surface area contributed by atoms with Gasteiger partial charge in [0.25, 0.3) is 0 Å². The molecule has 2 nitrogen and oxygen atoms in total. The predicted molar refractivity (Wildman–Crippen MR) is 79.2 cm³/mol. The average Bonchev–Trinajstić information content (AvgIpc) is 2.81. The zero-order valence-electron chi connectivity index (χ0n) is 12.0. The van der Waals surface area contributed by atoms with E-state index in [-0.39, 0.29) is 11.5 Å². The van der Waals surface area contributed by atoms with Crippen LogP contribution in [0.15, 0.2) is 47.1 Å². The van der Waals surface area contributed by atoms with E-state index in [1.165, 1.54) is 11.1 Å². The topological polar surface area (TPSA) is 39.2 Å². The third kappa shape index (κ3) is 3.97. The van der Waals surface area contributed by atoms with Crippen LogP contribution in [0.1, 0.15) is 37.7 Å². The van der Waals surface area contributed by atoms with Crippen LogP contribution in [0, 0.1) is 0 Å². The number of benzene rings is 1. The maximum absolute atomic E-state index is 6.16. The largest absolute Gasteiger partial charge is 0.469 e. The third-order valence-electron chi connectivity index (χ3n) is 3.36. The second kappa shape index (κ2) is 5.62. The molecular weight excluding hydrogens is 234 g/mol. The van der Waals surface area contributed by atoms with E-state index >= 15 is 0 Å². The molecule has 0 bridgehead atoms. The molecular formula is C17H23NO. The lowest BCUT2D eigenvalue weighted by Crippen LogP contribution is -2.25. The minimum Gasteiger partial charge on any atom is -0.469 e. The summed E-state index contributed by atoms with van der Waals surface area (Å²) in [4.78, 5) is 0. The Morgan fingerprint density at radius 1 is 1.05 bits per heavy atom. The summed E-state index contributed by atoms with van der Waals surface area (Å²) in [5.74, 6) is 0.957. The van der Waals surface area contributed by atoms with Gasteiger partial charge in [-0.25, -0.2) is 0 Å². The molecule has 1 unspecified atom stereocenters. The van der Waals surface area contributed by atoms with E-state index in [1.54, 1.807) is 6.26 Å². The highest BCUT2D eigenvalue weighted by Gasteiger charge is 2.13. The molecule has 1 aromatic heterocycles. The Hall–Kier alpha value is -1.54. The van der Waals surface area contributed by atoms with Gasteiger partial charge in [0.05, 0.1) is 6.26 Å². The van der Waals surface area contributed by atoms with Gasteiger partial charge in [-0.3, -0.25) is 0 Å². The van der Waals surface area contributed by atoms with Gasteiger partial charge in [0.15, 0.2) is 0 Å². The van der Waals surface area contributed by atoms with Crippen molar-refractivity contribution in [2.75, 3.05) is 0 Å². The SMILES string of the molecule is CC(C)(C)c1ccc(CC(N)Cc2ccco2)cc1. The number of hydrogen-bond acceptors (Lipinski definition) is 2. The van der Waals surface area contributed by atoms with Gasteiger partial charge in [-0.15, -0.1) is 0 Å². The fourth-order valence-corrected chi connectivity index (χ4v) is 2.20. The molecule has 102 valence electrons. The molecule has 2 N–H and O–H groups in total. The number of furan rings is 1. The monoisotopic (exact) mass is 257 g/mol. The fraction of sp³-hybridized carbons (Fsp3) is 0.412. The zero-order valence-corrected chi connectivity index (χ0v) is 12.0. The first-order valence-corrected chi connectivity index (χ1v) is 6.82. The van der Waals surface area contributed by atoms with E-state index in [1.807, 2.05) is 12.1 Å². The van der Waals surface area contributed by atoms with Crippen molar-refractivity contribution in [1.29, 1.82) is 0 Å². The minimum atomic E-state index is 0.103. The summed E-state index contributed by atoms with van der Waals surface area (Å²) in [5, 5.41) is 0. The molecule has 1 heterocycles. The van der Waals surface area contributed by atoms with Crippen LogP contribution in [0.5, 0.6) is 0 Å². The smallest absolute Gasteiger partial charge is 0.105 e. The number of nitrogens with two attached hydrogens (primary N) is 1. The molecule has 2 heteroatoms. The van der Waals surface area contributed by atoms with Crippen molar-refractivity contribution in [1.82, 2.24) is 0 Å². The molecule has 1 aromatic carbocycles. The molecule has 19 heavy (non-hydrogen) atoms. The van der Waals surface area contributed by atoms with Crippen molar-refractivity contribution in [2.24, 2.45) is 5.73 Å². The first-order chi connectivity index (χ1) is 8.95. The van der Waals surface area contributed by atoms with Crippen LogP contribution in [0.3, 0.4) is 0 Å². The molecule has 0 saturated carbocycles. The maximum atomic E-state index is 6.16. The second-order valence-corrected chi connectivity index (χ2v) is 6.19. The third-order valence-corrected chi connectivity index (χ3v) is 3.36. The Morgan fingerprint density at radius 3 is 2.26 bits per heavy atom. The first-order valence-electron chi connectivity index (χ1n) is 6.82. The molecule has 2 rings (SSSR count). The zero-order chi connectivity index (χ0) is 13.9. The minimum absolute atomic E-state index is 0.103. The van der Waals surface area contributed by atoms with Crippen LogP contribution in [-0.2, 0) is 18.3 Å². The van der Waals surface area contributed by atoms with Gasteiger partial charge in [0, 0.05) is 12.5 Å². The predicted octanol–water partition coefficient (Wildman–Crippen LogP) is 3.69. The summed E-state index contributed by atoms with van der Waals surface area (Å²) in [6, 6.07) is 12.8.